The van der Waals surface area contributed by atoms with Crippen LogP contribution in [0.1, 0.15) is 0 Å². The molecule has 0 saturated carbocycles. The van der Waals surface area contributed by atoms with E-state index < -0.39 is 30.0 Å². The molecule has 0 aliphatic rings. The molecule has 0 heterocycles. The van der Waals surface area contributed by atoms with E-state index in [2.05, 4.69) is 0 Å². The van der Waals surface area contributed by atoms with Crippen molar-refractivity contribution in [1.29, 1.82) is 0 Å². The Morgan fingerprint density at radius 2 is 1.00 bits per heavy atom. The van der Waals surface area contributed by atoms with E-state index in [1.807, 2.05) is 0 Å². The van der Waals surface area contributed by atoms with E-state index in [-0.39, 0.29) is 50.7 Å². The van der Waals surface area contributed by atoms with Crippen molar-refractivity contribution in [2.75, 3.05) is 0 Å². The Kier molecular flexibility index (Phi) is 6.70. The first-order valence-electron chi connectivity index (χ1n) is 5.54. The Morgan fingerprint density at radius 1 is 0.696 bits per heavy atom. The van der Waals surface area contributed by atoms with Crippen molar-refractivity contribution in [3.63, 3.8) is 0 Å². The van der Waals surface area contributed by atoms with Gasteiger partial charge in [-0.25, -0.2) is 0 Å². The molecule has 0 unspecified atom stereocenters. The molecule has 0 aliphatic heterocycles. The molecule has 0 atom stereocenters. The van der Waals surface area contributed by atoms with Gasteiger partial charge in [0.2, 0.25) is 0 Å². The second-order valence-corrected chi connectivity index (χ2v) is 7.83. The van der Waals surface area contributed by atoms with Gasteiger partial charge in [0.15, 0.2) is 0 Å². The Hall–Kier alpha value is -0.160. The van der Waals surface area contributed by atoms with Gasteiger partial charge in [0.25, 0.3) is 20.2 Å². The van der Waals surface area contributed by atoms with Gasteiger partial charge in [-0.05, 0) is 35.4 Å². The van der Waals surface area contributed by atoms with Gasteiger partial charge in [0.05, 0.1) is 10.0 Å². The SMILES string of the molecule is O=S(=O)(O)c1cc(-c2ccc(Cl)c(S(=O)(=O)O)c2)ccc1Cl.[Na]. The van der Waals surface area contributed by atoms with Gasteiger partial charge >= 0.3 is 0 Å². The summed E-state index contributed by atoms with van der Waals surface area (Å²) in [6.07, 6.45) is 0. The molecule has 2 aromatic rings. The van der Waals surface area contributed by atoms with Gasteiger partial charge in [-0.1, -0.05) is 35.3 Å². The summed E-state index contributed by atoms with van der Waals surface area (Å²) in [7, 11) is -9.07. The molecule has 2 aromatic carbocycles. The predicted octanol–water partition coefficient (Wildman–Crippen LogP) is 2.77. The normalized spacial score (nSPS) is 11.8. The summed E-state index contributed by atoms with van der Waals surface area (Å²) in [6.45, 7) is 0. The molecule has 2 N–H and O–H groups in total. The maximum absolute atomic E-state index is 11.2. The minimum Gasteiger partial charge on any atom is -0.282 e. The van der Waals surface area contributed by atoms with Crippen LogP contribution in [0.4, 0.5) is 0 Å². The summed E-state index contributed by atoms with van der Waals surface area (Å²) in [6, 6.07) is 7.48. The standard InChI is InChI=1S/C12H8Cl2O6S2.Na/c13-9-3-1-7(5-11(9)21(15,16)17)8-2-4-10(14)12(6-8)22(18,19)20;/h1-6H,(H,15,16,17)(H,18,19,20);. The summed E-state index contributed by atoms with van der Waals surface area (Å²) in [5.41, 5.74) is 0.525. The molecule has 23 heavy (non-hydrogen) atoms. The van der Waals surface area contributed by atoms with Crippen LogP contribution in [-0.4, -0.2) is 55.5 Å². The zero-order valence-electron chi connectivity index (χ0n) is 11.6. The summed E-state index contributed by atoms with van der Waals surface area (Å²) in [4.78, 5) is -1.04. The van der Waals surface area contributed by atoms with E-state index in [9.17, 15) is 16.8 Å². The van der Waals surface area contributed by atoms with Crippen molar-refractivity contribution >= 4 is 73.0 Å². The van der Waals surface area contributed by atoms with Crippen LogP contribution in [0.3, 0.4) is 0 Å². The van der Waals surface area contributed by atoms with E-state index in [0.29, 0.717) is 0 Å². The molecule has 11 heteroatoms. The summed E-state index contributed by atoms with van der Waals surface area (Å²) >= 11 is 11.4. The largest absolute Gasteiger partial charge is 0.296 e. The molecular weight excluding hydrogens is 398 g/mol. The van der Waals surface area contributed by atoms with Crippen LogP contribution in [-0.2, 0) is 20.2 Å². The topological polar surface area (TPSA) is 109 Å². The number of rotatable bonds is 3. The minimum atomic E-state index is -4.54. The van der Waals surface area contributed by atoms with E-state index in [1.54, 1.807) is 0 Å². The Morgan fingerprint density at radius 3 is 1.26 bits per heavy atom. The molecule has 0 spiro atoms. The fourth-order valence-corrected chi connectivity index (χ4v) is 3.76. The van der Waals surface area contributed by atoms with Crippen molar-refractivity contribution < 1.29 is 25.9 Å². The first-order valence-corrected chi connectivity index (χ1v) is 9.18. The number of halogens is 2. The van der Waals surface area contributed by atoms with Crippen LogP contribution >= 0.6 is 23.2 Å². The van der Waals surface area contributed by atoms with Crippen molar-refractivity contribution in [2.24, 2.45) is 0 Å². The van der Waals surface area contributed by atoms with Crippen LogP contribution < -0.4 is 0 Å². The molecule has 0 fully saturated rings. The van der Waals surface area contributed by atoms with Crippen molar-refractivity contribution in [3.8, 4) is 11.1 Å². The minimum absolute atomic E-state index is 0. The molecule has 0 saturated heterocycles. The van der Waals surface area contributed by atoms with E-state index in [4.69, 9.17) is 32.3 Å². The zero-order chi connectivity index (χ0) is 16.7. The molecule has 119 valence electrons. The fourth-order valence-electron chi connectivity index (χ4n) is 1.76. The average molecular weight is 406 g/mol. The second-order valence-electron chi connectivity index (χ2n) is 4.24. The zero-order valence-corrected chi connectivity index (χ0v) is 16.7. The average Bonchev–Trinajstić information content (AvgIpc) is 2.37. The third-order valence-corrected chi connectivity index (χ3v) is 5.42. The monoisotopic (exact) mass is 405 g/mol. The van der Waals surface area contributed by atoms with Gasteiger partial charge in [-0.3, -0.25) is 9.11 Å². The van der Waals surface area contributed by atoms with Gasteiger partial charge in [0, 0.05) is 29.6 Å². The maximum atomic E-state index is 11.2. The van der Waals surface area contributed by atoms with Crippen molar-refractivity contribution in [3.05, 3.63) is 46.4 Å². The van der Waals surface area contributed by atoms with Crippen LogP contribution in [0.15, 0.2) is 46.2 Å². The van der Waals surface area contributed by atoms with Crippen LogP contribution in [0.2, 0.25) is 10.0 Å². The van der Waals surface area contributed by atoms with Crippen LogP contribution in [0, 0.1) is 0 Å². The van der Waals surface area contributed by atoms with E-state index in [1.165, 1.54) is 24.3 Å². The molecule has 0 aromatic heterocycles. The molecule has 0 bridgehead atoms. The molecule has 1 radical (unpaired) electrons. The van der Waals surface area contributed by atoms with Gasteiger partial charge in [-0.2, -0.15) is 16.8 Å². The van der Waals surface area contributed by atoms with Gasteiger partial charge < -0.3 is 0 Å². The smallest absolute Gasteiger partial charge is 0.282 e. The van der Waals surface area contributed by atoms with E-state index >= 15 is 0 Å². The van der Waals surface area contributed by atoms with Crippen LogP contribution in [0.25, 0.3) is 11.1 Å². The van der Waals surface area contributed by atoms with Crippen molar-refractivity contribution in [1.82, 2.24) is 0 Å². The second kappa shape index (κ2) is 7.38. The summed E-state index contributed by atoms with van der Waals surface area (Å²) in [5.74, 6) is 0. The molecular formula is C12H8Cl2NaO6S2. The van der Waals surface area contributed by atoms with Gasteiger partial charge in [0.1, 0.15) is 9.79 Å². The quantitative estimate of drug-likeness (QED) is 0.600. The summed E-state index contributed by atoms with van der Waals surface area (Å²) < 4.78 is 63.1. The van der Waals surface area contributed by atoms with E-state index in [0.717, 1.165) is 12.1 Å². The Bertz CT molecular complexity index is 878. The maximum Gasteiger partial charge on any atom is 0.296 e. The Balaban J connectivity index is 0.00000264. The first-order chi connectivity index (χ1) is 10.00. The predicted molar refractivity (Wildman–Crippen MR) is 87.3 cm³/mol. The molecule has 0 amide bonds. The fraction of sp³-hybridized carbons (Fsp3) is 0. The van der Waals surface area contributed by atoms with Crippen molar-refractivity contribution in [2.45, 2.75) is 9.79 Å². The summed E-state index contributed by atoms with van der Waals surface area (Å²) in [5, 5.41) is -0.370. The number of hydrogen-bond acceptors (Lipinski definition) is 4. The number of hydrogen-bond donors (Lipinski definition) is 2. The third-order valence-electron chi connectivity index (χ3n) is 2.75. The van der Waals surface area contributed by atoms with Gasteiger partial charge in [-0.15, -0.1) is 0 Å². The third kappa shape index (κ3) is 4.91. The first kappa shape index (κ1) is 20.9. The molecule has 6 nitrogen and oxygen atoms in total. The molecule has 0 aliphatic carbocycles. The van der Waals surface area contributed by atoms with Crippen LogP contribution in [0.5, 0.6) is 0 Å². The molecule has 2 rings (SSSR count). The number of benzene rings is 2. The Labute approximate surface area is 165 Å².